The van der Waals surface area contributed by atoms with Crippen molar-refractivity contribution in [1.82, 2.24) is 9.88 Å². The number of piperidine rings is 1. The molecule has 2 N–H and O–H groups in total. The zero-order valence-electron chi connectivity index (χ0n) is 13.7. The van der Waals surface area contributed by atoms with Crippen molar-refractivity contribution in [2.24, 2.45) is 5.73 Å². The summed E-state index contributed by atoms with van der Waals surface area (Å²) in [5.41, 5.74) is 7.51. The molecule has 0 radical (unpaired) electrons. The van der Waals surface area contributed by atoms with Crippen LogP contribution in [0.5, 0.6) is 0 Å². The van der Waals surface area contributed by atoms with Gasteiger partial charge in [0.15, 0.2) is 0 Å². The summed E-state index contributed by atoms with van der Waals surface area (Å²) in [5.74, 6) is -0.182. The molecule has 1 atom stereocenters. The van der Waals surface area contributed by atoms with Crippen molar-refractivity contribution in [3.63, 3.8) is 0 Å². The third-order valence-electron chi connectivity index (χ3n) is 4.39. The fourth-order valence-corrected chi connectivity index (χ4v) is 4.00. The van der Waals surface area contributed by atoms with Gasteiger partial charge in [-0.3, -0.25) is 9.59 Å². The highest BCUT2D eigenvalue weighted by Crippen LogP contribution is 2.25. The fourth-order valence-electron chi connectivity index (χ4n) is 3.14. The summed E-state index contributed by atoms with van der Waals surface area (Å²) in [7, 11) is 0. The highest BCUT2D eigenvalue weighted by molar-refractivity contribution is 7.99. The van der Waals surface area contributed by atoms with Gasteiger partial charge in [0.2, 0.25) is 11.8 Å². The molecule has 1 aromatic carbocycles. The number of aromatic nitrogens is 1. The number of carbonyl (C=O) groups excluding carboxylic acids is 2. The number of nitrogens with zero attached hydrogens (tertiary/aromatic N) is 2. The Labute approximate surface area is 145 Å². The van der Waals surface area contributed by atoms with E-state index in [0.29, 0.717) is 13.0 Å². The van der Waals surface area contributed by atoms with Crippen molar-refractivity contribution in [1.29, 1.82) is 0 Å². The molecule has 5 nitrogen and oxygen atoms in total. The van der Waals surface area contributed by atoms with Gasteiger partial charge in [0.1, 0.15) is 6.04 Å². The van der Waals surface area contributed by atoms with Gasteiger partial charge in [-0.15, -0.1) is 0 Å². The molecule has 0 saturated carbocycles. The van der Waals surface area contributed by atoms with Crippen LogP contribution in [0.4, 0.5) is 0 Å². The number of nitrogens with two attached hydrogens (primary N) is 1. The summed E-state index contributed by atoms with van der Waals surface area (Å²) in [6, 6.07) is 9.51. The first-order valence-electron chi connectivity index (χ1n) is 8.14. The second-order valence-corrected chi connectivity index (χ2v) is 7.08. The van der Waals surface area contributed by atoms with E-state index in [4.69, 9.17) is 5.73 Å². The van der Waals surface area contributed by atoms with Gasteiger partial charge < -0.3 is 10.6 Å². The smallest absolute Gasteiger partial charge is 0.240 e. The van der Waals surface area contributed by atoms with Crippen LogP contribution in [0, 0.1) is 6.92 Å². The molecule has 126 valence electrons. The lowest BCUT2D eigenvalue weighted by Crippen LogP contribution is -2.51. The zero-order valence-corrected chi connectivity index (χ0v) is 14.5. The number of thioether (sulfide) groups is 1. The molecule has 0 spiro atoms. The SMILES string of the molecule is Cc1cc(SCC(=O)N2CCCCC2C(N)=O)nc2ccccc12. The third kappa shape index (κ3) is 3.53. The highest BCUT2D eigenvalue weighted by atomic mass is 32.2. The number of aryl methyl sites for hydroxylation is 1. The summed E-state index contributed by atoms with van der Waals surface area (Å²) in [4.78, 5) is 30.3. The molecular formula is C18H21N3O2S. The Balaban J connectivity index is 1.71. The number of primary amides is 1. The van der Waals surface area contributed by atoms with Crippen molar-refractivity contribution in [3.05, 3.63) is 35.9 Å². The van der Waals surface area contributed by atoms with Gasteiger partial charge >= 0.3 is 0 Å². The topological polar surface area (TPSA) is 76.3 Å². The molecule has 1 aliphatic heterocycles. The molecule has 6 heteroatoms. The Bertz CT molecular complexity index is 778. The molecule has 1 fully saturated rings. The van der Waals surface area contributed by atoms with E-state index in [1.54, 1.807) is 4.90 Å². The van der Waals surface area contributed by atoms with Crippen LogP contribution in [0.1, 0.15) is 24.8 Å². The Hall–Kier alpha value is -2.08. The lowest BCUT2D eigenvalue weighted by Gasteiger charge is -2.33. The standard InChI is InChI=1S/C18H21N3O2S/c1-12-10-16(20-14-7-3-2-6-13(12)14)24-11-17(22)21-9-5-4-8-15(21)18(19)23/h2-3,6-7,10,15H,4-5,8-9,11H2,1H3,(H2,19,23). The monoisotopic (exact) mass is 343 g/mol. The Morgan fingerprint density at radius 3 is 2.92 bits per heavy atom. The van der Waals surface area contributed by atoms with Crippen molar-refractivity contribution < 1.29 is 9.59 Å². The normalized spacial score (nSPS) is 17.9. The number of pyridine rings is 1. The van der Waals surface area contributed by atoms with Crippen LogP contribution in [-0.4, -0.2) is 40.0 Å². The maximum Gasteiger partial charge on any atom is 0.240 e. The third-order valence-corrected chi connectivity index (χ3v) is 5.29. The molecule has 3 rings (SSSR count). The van der Waals surface area contributed by atoms with Gasteiger partial charge in [-0.2, -0.15) is 0 Å². The van der Waals surface area contributed by atoms with E-state index >= 15 is 0 Å². The van der Waals surface area contributed by atoms with Crippen LogP contribution in [0.15, 0.2) is 35.4 Å². The molecule has 1 aliphatic rings. The maximum atomic E-state index is 12.5. The summed E-state index contributed by atoms with van der Waals surface area (Å²) in [6.07, 6.45) is 2.53. The Morgan fingerprint density at radius 2 is 2.12 bits per heavy atom. The number of amides is 2. The molecule has 0 aliphatic carbocycles. The highest BCUT2D eigenvalue weighted by Gasteiger charge is 2.30. The minimum Gasteiger partial charge on any atom is -0.368 e. The molecule has 24 heavy (non-hydrogen) atoms. The summed E-state index contributed by atoms with van der Waals surface area (Å²) in [5, 5.41) is 1.95. The van der Waals surface area contributed by atoms with E-state index in [2.05, 4.69) is 4.98 Å². The number of carbonyl (C=O) groups is 2. The second-order valence-electron chi connectivity index (χ2n) is 6.08. The van der Waals surface area contributed by atoms with Crippen LogP contribution >= 0.6 is 11.8 Å². The van der Waals surface area contributed by atoms with Crippen LogP contribution in [-0.2, 0) is 9.59 Å². The van der Waals surface area contributed by atoms with Crippen LogP contribution < -0.4 is 5.73 Å². The first-order valence-corrected chi connectivity index (χ1v) is 9.13. The molecule has 1 unspecified atom stereocenters. The van der Waals surface area contributed by atoms with Gasteiger partial charge in [-0.1, -0.05) is 30.0 Å². The summed E-state index contributed by atoms with van der Waals surface area (Å²) < 4.78 is 0. The van der Waals surface area contributed by atoms with E-state index in [0.717, 1.165) is 34.3 Å². The minimum atomic E-state index is -0.460. The number of fused-ring (bicyclic) bond motifs is 1. The number of likely N-dealkylation sites (tertiary alicyclic amines) is 1. The predicted molar refractivity (Wildman–Crippen MR) is 95.8 cm³/mol. The molecule has 1 aromatic heterocycles. The van der Waals surface area contributed by atoms with Gasteiger partial charge in [0.25, 0.3) is 0 Å². The van der Waals surface area contributed by atoms with Gasteiger partial charge in [-0.05, 0) is 43.9 Å². The van der Waals surface area contributed by atoms with Crippen LogP contribution in [0.2, 0.25) is 0 Å². The lowest BCUT2D eigenvalue weighted by molar-refractivity contribution is -0.138. The number of benzene rings is 1. The average molecular weight is 343 g/mol. The van der Waals surface area contributed by atoms with Crippen molar-refractivity contribution in [2.75, 3.05) is 12.3 Å². The Morgan fingerprint density at radius 1 is 1.33 bits per heavy atom. The van der Waals surface area contributed by atoms with Gasteiger partial charge in [0, 0.05) is 11.9 Å². The second kappa shape index (κ2) is 7.21. The zero-order chi connectivity index (χ0) is 17.1. The van der Waals surface area contributed by atoms with Crippen LogP contribution in [0.25, 0.3) is 10.9 Å². The molecule has 1 saturated heterocycles. The first kappa shape index (κ1) is 16.8. The van der Waals surface area contributed by atoms with Crippen molar-refractivity contribution in [3.8, 4) is 0 Å². The molecule has 2 amide bonds. The van der Waals surface area contributed by atoms with E-state index in [9.17, 15) is 9.59 Å². The van der Waals surface area contributed by atoms with E-state index in [-0.39, 0.29) is 11.7 Å². The van der Waals surface area contributed by atoms with Crippen molar-refractivity contribution >= 4 is 34.5 Å². The van der Waals surface area contributed by atoms with E-state index < -0.39 is 11.9 Å². The minimum absolute atomic E-state index is 0.0453. The van der Waals surface area contributed by atoms with Gasteiger partial charge in [0.05, 0.1) is 16.3 Å². The molecule has 2 aromatic rings. The molecular weight excluding hydrogens is 322 g/mol. The summed E-state index contributed by atoms with van der Waals surface area (Å²) in [6.45, 7) is 2.65. The van der Waals surface area contributed by atoms with E-state index in [1.807, 2.05) is 37.3 Å². The van der Waals surface area contributed by atoms with Crippen LogP contribution in [0.3, 0.4) is 0 Å². The number of hydrogen-bond acceptors (Lipinski definition) is 4. The Kier molecular flexibility index (Phi) is 5.04. The maximum absolute atomic E-state index is 12.5. The number of hydrogen-bond donors (Lipinski definition) is 1. The molecule has 0 bridgehead atoms. The van der Waals surface area contributed by atoms with Crippen molar-refractivity contribution in [2.45, 2.75) is 37.3 Å². The fraction of sp³-hybridized carbons (Fsp3) is 0.389. The number of rotatable bonds is 4. The molecule has 2 heterocycles. The first-order chi connectivity index (χ1) is 11.6. The predicted octanol–water partition coefficient (Wildman–Crippen LogP) is 2.50. The average Bonchev–Trinajstić information content (AvgIpc) is 2.59. The summed E-state index contributed by atoms with van der Waals surface area (Å²) >= 11 is 1.41. The quantitative estimate of drug-likeness (QED) is 0.866. The largest absolute Gasteiger partial charge is 0.368 e. The lowest BCUT2D eigenvalue weighted by atomic mass is 10.0. The van der Waals surface area contributed by atoms with Gasteiger partial charge in [-0.25, -0.2) is 4.98 Å². The van der Waals surface area contributed by atoms with E-state index in [1.165, 1.54) is 11.8 Å². The number of para-hydroxylation sites is 1.